The van der Waals surface area contributed by atoms with Crippen LogP contribution in [-0.4, -0.2) is 13.4 Å². The molecule has 0 amide bonds. The Balaban J connectivity index is 1.88. The van der Waals surface area contributed by atoms with E-state index in [2.05, 4.69) is 10.3 Å². The van der Waals surface area contributed by atoms with Crippen LogP contribution < -0.4 is 10.5 Å². The van der Waals surface area contributed by atoms with E-state index in [1.165, 1.54) is 23.5 Å². The minimum atomic E-state index is -3.67. The number of hydrogen-bond acceptors (Lipinski definition) is 5. The standard InChI is InChI=1S/C13H10ClN3O2S2/c14-8-1-6-11-12(7-8)20-13(17-11)16-9-2-4-10(5-3-9)21(15,18)19/h1-7H,(H,16,17)(H2,15,18,19). The second-order valence-corrected chi connectivity index (χ2v) is 7.35. The Morgan fingerprint density at radius 3 is 2.52 bits per heavy atom. The molecule has 0 aliphatic carbocycles. The summed E-state index contributed by atoms with van der Waals surface area (Å²) in [6, 6.07) is 11.7. The summed E-state index contributed by atoms with van der Waals surface area (Å²) in [4.78, 5) is 4.50. The topological polar surface area (TPSA) is 85.1 Å². The Bertz CT molecular complexity index is 905. The van der Waals surface area contributed by atoms with Crippen molar-refractivity contribution in [2.24, 2.45) is 5.14 Å². The van der Waals surface area contributed by atoms with E-state index in [-0.39, 0.29) is 4.90 Å². The van der Waals surface area contributed by atoms with Gasteiger partial charge < -0.3 is 5.32 Å². The molecule has 21 heavy (non-hydrogen) atoms. The third-order valence-corrected chi connectivity index (χ3v) is 4.88. The summed E-state index contributed by atoms with van der Waals surface area (Å²) in [5, 5.41) is 9.54. The van der Waals surface area contributed by atoms with Gasteiger partial charge in [0.1, 0.15) is 0 Å². The van der Waals surface area contributed by atoms with Gasteiger partial charge in [-0.3, -0.25) is 0 Å². The first-order valence-corrected chi connectivity index (χ1v) is 8.62. The summed E-state index contributed by atoms with van der Waals surface area (Å²) in [6.07, 6.45) is 0. The van der Waals surface area contributed by atoms with Crippen LogP contribution in [-0.2, 0) is 10.0 Å². The van der Waals surface area contributed by atoms with Gasteiger partial charge in [0.15, 0.2) is 5.13 Å². The molecule has 0 spiro atoms. The van der Waals surface area contributed by atoms with Crippen LogP contribution in [0.2, 0.25) is 5.02 Å². The highest BCUT2D eigenvalue weighted by atomic mass is 35.5. The second-order valence-electron chi connectivity index (χ2n) is 4.33. The summed E-state index contributed by atoms with van der Waals surface area (Å²) in [5.74, 6) is 0. The average molecular weight is 340 g/mol. The number of nitrogens with one attached hydrogen (secondary N) is 1. The summed E-state index contributed by atoms with van der Waals surface area (Å²) in [6.45, 7) is 0. The molecule has 3 aromatic rings. The van der Waals surface area contributed by atoms with Crippen molar-refractivity contribution in [2.45, 2.75) is 4.90 Å². The molecule has 0 fully saturated rings. The maximum absolute atomic E-state index is 11.2. The molecule has 0 bridgehead atoms. The van der Waals surface area contributed by atoms with E-state index in [4.69, 9.17) is 16.7 Å². The number of nitrogens with zero attached hydrogens (tertiary/aromatic N) is 1. The Morgan fingerprint density at radius 2 is 1.86 bits per heavy atom. The van der Waals surface area contributed by atoms with Crippen molar-refractivity contribution in [2.75, 3.05) is 5.32 Å². The largest absolute Gasteiger partial charge is 0.332 e. The molecule has 8 heteroatoms. The third-order valence-electron chi connectivity index (χ3n) is 2.78. The summed E-state index contributed by atoms with van der Waals surface area (Å²) in [7, 11) is -3.67. The van der Waals surface area contributed by atoms with E-state index < -0.39 is 10.0 Å². The number of thiazole rings is 1. The number of benzene rings is 2. The predicted molar refractivity (Wildman–Crippen MR) is 85.7 cm³/mol. The van der Waals surface area contributed by atoms with Crippen molar-refractivity contribution >= 4 is 54.0 Å². The number of sulfonamides is 1. The van der Waals surface area contributed by atoms with E-state index in [9.17, 15) is 8.42 Å². The SMILES string of the molecule is NS(=O)(=O)c1ccc(Nc2nc3ccc(Cl)cc3s2)cc1. The molecule has 0 radical (unpaired) electrons. The van der Waals surface area contributed by atoms with Crippen LogP contribution in [0.25, 0.3) is 10.2 Å². The summed E-state index contributed by atoms with van der Waals surface area (Å²) < 4.78 is 23.4. The van der Waals surface area contributed by atoms with Crippen molar-refractivity contribution < 1.29 is 8.42 Å². The van der Waals surface area contributed by atoms with Crippen LogP contribution in [0.4, 0.5) is 10.8 Å². The van der Waals surface area contributed by atoms with Crippen LogP contribution >= 0.6 is 22.9 Å². The highest BCUT2D eigenvalue weighted by Gasteiger charge is 2.08. The zero-order valence-electron chi connectivity index (χ0n) is 10.6. The number of hydrogen-bond donors (Lipinski definition) is 2. The molecule has 3 rings (SSSR count). The molecule has 0 aliphatic heterocycles. The van der Waals surface area contributed by atoms with E-state index in [0.717, 1.165) is 15.9 Å². The molecule has 2 aromatic carbocycles. The highest BCUT2D eigenvalue weighted by Crippen LogP contribution is 2.30. The molecule has 0 saturated heterocycles. The number of aromatic nitrogens is 1. The molecule has 0 atom stereocenters. The van der Waals surface area contributed by atoms with Crippen molar-refractivity contribution in [3.63, 3.8) is 0 Å². The van der Waals surface area contributed by atoms with Gasteiger partial charge in [-0.25, -0.2) is 18.5 Å². The van der Waals surface area contributed by atoms with Crippen LogP contribution in [0, 0.1) is 0 Å². The van der Waals surface area contributed by atoms with E-state index in [0.29, 0.717) is 10.2 Å². The maximum atomic E-state index is 11.2. The minimum absolute atomic E-state index is 0.0733. The number of nitrogens with two attached hydrogens (primary N) is 1. The fourth-order valence-corrected chi connectivity index (χ4v) is 3.48. The van der Waals surface area contributed by atoms with Gasteiger partial charge in [0.25, 0.3) is 0 Å². The zero-order chi connectivity index (χ0) is 15.0. The first kappa shape index (κ1) is 14.3. The lowest BCUT2D eigenvalue weighted by Gasteiger charge is -2.03. The third kappa shape index (κ3) is 3.16. The van der Waals surface area contributed by atoms with Gasteiger partial charge in [-0.15, -0.1) is 0 Å². The van der Waals surface area contributed by atoms with Gasteiger partial charge in [-0.05, 0) is 42.5 Å². The number of rotatable bonds is 3. The molecular formula is C13H10ClN3O2S2. The maximum Gasteiger partial charge on any atom is 0.238 e. The number of anilines is 2. The summed E-state index contributed by atoms with van der Waals surface area (Å²) >= 11 is 7.40. The fraction of sp³-hybridized carbons (Fsp3) is 0. The zero-order valence-corrected chi connectivity index (χ0v) is 13.0. The molecule has 0 saturated carbocycles. The number of halogens is 1. The lowest BCUT2D eigenvalue weighted by Crippen LogP contribution is -2.11. The Hall–Kier alpha value is -1.67. The van der Waals surface area contributed by atoms with Gasteiger partial charge in [0.2, 0.25) is 10.0 Å². The lowest BCUT2D eigenvalue weighted by atomic mass is 10.3. The molecule has 108 valence electrons. The molecule has 1 aromatic heterocycles. The van der Waals surface area contributed by atoms with Gasteiger partial charge in [0, 0.05) is 10.7 Å². The van der Waals surface area contributed by atoms with Crippen molar-refractivity contribution in [3.05, 3.63) is 47.5 Å². The van der Waals surface area contributed by atoms with E-state index >= 15 is 0 Å². The second kappa shape index (κ2) is 5.27. The Labute approximate surface area is 130 Å². The first-order valence-electron chi connectivity index (χ1n) is 5.88. The van der Waals surface area contributed by atoms with Crippen molar-refractivity contribution in [1.82, 2.24) is 4.98 Å². The molecular weight excluding hydrogens is 330 g/mol. The molecule has 0 unspecified atom stereocenters. The normalized spacial score (nSPS) is 11.7. The van der Waals surface area contributed by atoms with E-state index in [1.807, 2.05) is 12.1 Å². The highest BCUT2D eigenvalue weighted by molar-refractivity contribution is 7.89. The van der Waals surface area contributed by atoms with Crippen LogP contribution in [0.15, 0.2) is 47.4 Å². The van der Waals surface area contributed by atoms with Gasteiger partial charge >= 0.3 is 0 Å². The Kier molecular flexibility index (Phi) is 3.58. The number of primary sulfonamides is 1. The first-order chi connectivity index (χ1) is 9.91. The predicted octanol–water partition coefficient (Wildman–Crippen LogP) is 3.34. The molecule has 0 aliphatic rings. The lowest BCUT2D eigenvalue weighted by molar-refractivity contribution is 0.598. The van der Waals surface area contributed by atoms with Gasteiger partial charge in [0.05, 0.1) is 15.1 Å². The van der Waals surface area contributed by atoms with Crippen LogP contribution in [0.5, 0.6) is 0 Å². The van der Waals surface area contributed by atoms with Crippen molar-refractivity contribution in [1.29, 1.82) is 0 Å². The average Bonchev–Trinajstić information content (AvgIpc) is 2.79. The van der Waals surface area contributed by atoms with Gasteiger partial charge in [-0.2, -0.15) is 0 Å². The van der Waals surface area contributed by atoms with Crippen LogP contribution in [0.1, 0.15) is 0 Å². The van der Waals surface area contributed by atoms with E-state index in [1.54, 1.807) is 18.2 Å². The fourth-order valence-electron chi connectivity index (χ4n) is 1.80. The van der Waals surface area contributed by atoms with Crippen LogP contribution in [0.3, 0.4) is 0 Å². The summed E-state index contributed by atoms with van der Waals surface area (Å²) in [5.41, 5.74) is 1.58. The smallest absolute Gasteiger partial charge is 0.238 e. The molecule has 3 N–H and O–H groups in total. The van der Waals surface area contributed by atoms with Gasteiger partial charge in [-0.1, -0.05) is 22.9 Å². The quantitative estimate of drug-likeness (QED) is 0.766. The van der Waals surface area contributed by atoms with Crippen molar-refractivity contribution in [3.8, 4) is 0 Å². The minimum Gasteiger partial charge on any atom is -0.332 e. The molecule has 5 nitrogen and oxygen atoms in total. The number of fused-ring (bicyclic) bond motifs is 1. The Morgan fingerprint density at radius 1 is 1.14 bits per heavy atom. The molecule has 1 heterocycles. The monoisotopic (exact) mass is 339 g/mol.